The van der Waals surface area contributed by atoms with Gasteiger partial charge in [0.1, 0.15) is 11.4 Å². The minimum Gasteiger partial charge on any atom is -0.268 e. The van der Waals surface area contributed by atoms with Crippen molar-refractivity contribution < 1.29 is 14.1 Å². The molecule has 0 radical (unpaired) electrons. The number of hydrogen-bond acceptors (Lipinski definition) is 4. The summed E-state index contributed by atoms with van der Waals surface area (Å²) in [7, 11) is 0. The van der Waals surface area contributed by atoms with Crippen LogP contribution in [-0.4, -0.2) is 10.8 Å². The molecule has 1 rings (SSSR count). The summed E-state index contributed by atoms with van der Waals surface area (Å²) < 4.78 is 12.7. The smallest absolute Gasteiger partial charge is 0.268 e. The van der Waals surface area contributed by atoms with E-state index in [1.807, 2.05) is 0 Å². The summed E-state index contributed by atoms with van der Waals surface area (Å²) in [6.07, 6.45) is 1.31. The first-order valence-corrected chi connectivity index (χ1v) is 3.69. The number of nitriles is 1. The van der Waals surface area contributed by atoms with Gasteiger partial charge < -0.3 is 0 Å². The molecule has 6 nitrogen and oxygen atoms in total. The Hall–Kier alpha value is -2.49. The maximum Gasteiger partial charge on any atom is 0.282 e. The molecule has 7 heteroatoms. The monoisotopic (exact) mass is 209 g/mol. The van der Waals surface area contributed by atoms with E-state index in [0.717, 1.165) is 12.1 Å². The molecule has 76 valence electrons. The van der Waals surface area contributed by atoms with E-state index in [9.17, 15) is 19.3 Å². The maximum atomic E-state index is 12.7. The molecule has 1 aromatic carbocycles. The van der Waals surface area contributed by atoms with Gasteiger partial charge in [0, 0.05) is 6.07 Å². The summed E-state index contributed by atoms with van der Waals surface area (Å²) in [6, 6.07) is 2.42. The molecule has 0 fully saturated rings. The van der Waals surface area contributed by atoms with Gasteiger partial charge in [-0.2, -0.15) is 5.26 Å². The number of nitro benzene ring substituents is 1. The predicted octanol–water partition coefficient (Wildman–Crippen LogP) is 0.945. The second kappa shape index (κ2) is 4.15. The minimum atomic E-state index is -1.01. The quantitative estimate of drug-likeness (QED) is 0.339. The summed E-state index contributed by atoms with van der Waals surface area (Å²) in [6.45, 7) is 0. The zero-order valence-electron chi connectivity index (χ0n) is 7.23. The molecule has 0 bridgehead atoms. The lowest BCUT2D eigenvalue weighted by Crippen LogP contribution is -2.18. The highest BCUT2D eigenvalue weighted by molar-refractivity contribution is 5.98. The second-order valence-corrected chi connectivity index (χ2v) is 2.48. The van der Waals surface area contributed by atoms with Gasteiger partial charge in [-0.1, -0.05) is 0 Å². The van der Waals surface area contributed by atoms with E-state index in [4.69, 9.17) is 5.26 Å². The van der Waals surface area contributed by atoms with Crippen LogP contribution in [0.4, 0.5) is 10.1 Å². The number of rotatable bonds is 2. The predicted molar refractivity (Wildman–Crippen MR) is 46.1 cm³/mol. The molecule has 0 aliphatic rings. The van der Waals surface area contributed by atoms with Crippen molar-refractivity contribution in [1.82, 2.24) is 5.32 Å². The van der Waals surface area contributed by atoms with Crippen LogP contribution in [0.25, 0.3) is 0 Å². The van der Waals surface area contributed by atoms with E-state index in [0.29, 0.717) is 6.07 Å². The normalized spacial score (nSPS) is 9.07. The lowest BCUT2D eigenvalue weighted by molar-refractivity contribution is -0.385. The SMILES string of the molecule is N#CNC(=O)c1cc(F)ccc1[N+](=O)[O-]. The number of nitrogens with zero attached hydrogens (tertiary/aromatic N) is 2. The van der Waals surface area contributed by atoms with E-state index in [-0.39, 0.29) is 0 Å². The molecule has 0 aliphatic heterocycles. The van der Waals surface area contributed by atoms with Crippen LogP contribution in [-0.2, 0) is 0 Å². The third-order valence-corrected chi connectivity index (χ3v) is 1.57. The van der Waals surface area contributed by atoms with Gasteiger partial charge in [0.25, 0.3) is 11.6 Å². The van der Waals surface area contributed by atoms with E-state index in [1.165, 1.54) is 6.19 Å². The van der Waals surface area contributed by atoms with E-state index in [1.54, 1.807) is 5.32 Å². The minimum absolute atomic E-state index is 0.485. The number of nitro groups is 1. The highest BCUT2D eigenvalue weighted by atomic mass is 19.1. The van der Waals surface area contributed by atoms with Crippen molar-refractivity contribution in [3.63, 3.8) is 0 Å². The van der Waals surface area contributed by atoms with Crippen LogP contribution < -0.4 is 5.32 Å². The van der Waals surface area contributed by atoms with Gasteiger partial charge in [0.05, 0.1) is 4.92 Å². The number of carbonyl (C=O) groups is 1. The molecule has 0 saturated heterocycles. The van der Waals surface area contributed by atoms with Crippen LogP contribution in [0.3, 0.4) is 0 Å². The standard InChI is InChI=1S/C8H4FN3O3/c9-5-1-2-7(12(14)15)6(3-5)8(13)11-4-10/h1-3H,(H,11,13). The number of halogens is 1. The largest absolute Gasteiger partial charge is 0.282 e. The van der Waals surface area contributed by atoms with E-state index >= 15 is 0 Å². The first-order valence-electron chi connectivity index (χ1n) is 3.69. The fourth-order valence-electron chi connectivity index (χ4n) is 0.967. The van der Waals surface area contributed by atoms with Crippen molar-refractivity contribution >= 4 is 11.6 Å². The Kier molecular flexibility index (Phi) is 2.93. The van der Waals surface area contributed by atoms with E-state index in [2.05, 4.69) is 0 Å². The average Bonchev–Trinajstić information content (AvgIpc) is 2.17. The Labute approximate surface area is 83.1 Å². The highest BCUT2D eigenvalue weighted by Crippen LogP contribution is 2.19. The molecule has 1 amide bonds. The van der Waals surface area contributed by atoms with Gasteiger partial charge >= 0.3 is 0 Å². The molecular formula is C8H4FN3O3. The fraction of sp³-hybridized carbons (Fsp3) is 0. The molecule has 1 aromatic rings. The first kappa shape index (κ1) is 10.6. The zero-order chi connectivity index (χ0) is 11.4. The number of nitrogens with one attached hydrogen (secondary N) is 1. The molecule has 0 atom stereocenters. The average molecular weight is 209 g/mol. The number of amides is 1. The fourth-order valence-corrected chi connectivity index (χ4v) is 0.967. The Bertz CT molecular complexity index is 467. The lowest BCUT2D eigenvalue weighted by atomic mass is 10.1. The van der Waals surface area contributed by atoms with Crippen molar-refractivity contribution in [2.24, 2.45) is 0 Å². The van der Waals surface area contributed by atoms with Crippen LogP contribution in [0.1, 0.15) is 10.4 Å². The molecule has 0 heterocycles. The summed E-state index contributed by atoms with van der Waals surface area (Å²) in [4.78, 5) is 20.8. The molecule has 0 unspecified atom stereocenters. The Morgan fingerprint density at radius 3 is 2.80 bits per heavy atom. The van der Waals surface area contributed by atoms with Gasteiger partial charge in [-0.3, -0.25) is 20.2 Å². The zero-order valence-corrected chi connectivity index (χ0v) is 7.23. The van der Waals surface area contributed by atoms with Crippen molar-refractivity contribution in [2.45, 2.75) is 0 Å². The van der Waals surface area contributed by atoms with Crippen LogP contribution in [0.2, 0.25) is 0 Å². The summed E-state index contributed by atoms with van der Waals surface area (Å²) in [5.74, 6) is -1.80. The van der Waals surface area contributed by atoms with Crippen molar-refractivity contribution in [2.75, 3.05) is 0 Å². The molecule has 0 aliphatic carbocycles. The first-order chi connectivity index (χ1) is 7.06. The van der Waals surface area contributed by atoms with Crippen LogP contribution in [0.15, 0.2) is 18.2 Å². The van der Waals surface area contributed by atoms with Crippen LogP contribution in [0, 0.1) is 27.4 Å². The number of hydrogen-bond donors (Lipinski definition) is 1. The molecule has 0 aromatic heterocycles. The van der Waals surface area contributed by atoms with Crippen molar-refractivity contribution in [1.29, 1.82) is 5.26 Å². The Morgan fingerprint density at radius 2 is 2.27 bits per heavy atom. The van der Waals surface area contributed by atoms with Gasteiger partial charge in [0.2, 0.25) is 0 Å². The second-order valence-electron chi connectivity index (χ2n) is 2.48. The van der Waals surface area contributed by atoms with Crippen molar-refractivity contribution in [3.05, 3.63) is 39.7 Å². The summed E-state index contributed by atoms with van der Waals surface area (Å²) >= 11 is 0. The molecule has 15 heavy (non-hydrogen) atoms. The maximum absolute atomic E-state index is 12.7. The lowest BCUT2D eigenvalue weighted by Gasteiger charge is -1.99. The third-order valence-electron chi connectivity index (χ3n) is 1.57. The van der Waals surface area contributed by atoms with E-state index < -0.39 is 27.9 Å². The van der Waals surface area contributed by atoms with Gasteiger partial charge in [0.15, 0.2) is 6.19 Å². The molecule has 0 spiro atoms. The van der Waals surface area contributed by atoms with Crippen LogP contribution in [0.5, 0.6) is 0 Å². The molecule has 1 N–H and O–H groups in total. The number of benzene rings is 1. The number of carbonyl (C=O) groups excluding carboxylic acids is 1. The van der Waals surface area contributed by atoms with Crippen molar-refractivity contribution in [3.8, 4) is 6.19 Å². The Balaban J connectivity index is 3.25. The van der Waals surface area contributed by atoms with Gasteiger partial charge in [-0.05, 0) is 12.1 Å². The summed E-state index contributed by atoms with van der Waals surface area (Å²) in [5, 5.41) is 20.3. The third kappa shape index (κ3) is 2.25. The van der Waals surface area contributed by atoms with Gasteiger partial charge in [-0.15, -0.1) is 0 Å². The topological polar surface area (TPSA) is 96.0 Å². The molecule has 0 saturated carbocycles. The highest BCUT2D eigenvalue weighted by Gasteiger charge is 2.20. The van der Waals surface area contributed by atoms with Crippen LogP contribution >= 0.6 is 0 Å². The Morgan fingerprint density at radius 1 is 1.60 bits per heavy atom. The summed E-state index contributed by atoms with van der Waals surface area (Å²) in [5.41, 5.74) is -1.04. The van der Waals surface area contributed by atoms with Gasteiger partial charge in [-0.25, -0.2) is 4.39 Å². The molecular weight excluding hydrogens is 205 g/mol.